The summed E-state index contributed by atoms with van der Waals surface area (Å²) in [5, 5.41) is 9.04. The molecule has 1 aliphatic carbocycles. The van der Waals surface area contributed by atoms with Crippen LogP contribution in [0.4, 0.5) is 0 Å². The highest BCUT2D eigenvalue weighted by Crippen LogP contribution is 2.26. The number of aliphatic hydroxyl groups is 1. The van der Waals surface area contributed by atoms with Gasteiger partial charge in [0.15, 0.2) is 0 Å². The maximum absolute atomic E-state index is 11.5. The Morgan fingerprint density at radius 1 is 1.53 bits per heavy atom. The highest BCUT2D eigenvalue weighted by atomic mass is 35.5. The molecule has 4 nitrogen and oxygen atoms in total. The van der Waals surface area contributed by atoms with E-state index >= 15 is 0 Å². The fourth-order valence-electron chi connectivity index (χ4n) is 1.59. The standard InChI is InChI=1S/C9H18ClNO3S/c1-7(4-10)6-15(13,14)11-5-8-2-9(12)3-8/h7-9,11-12H,2-6H2,1H3. The average Bonchev–Trinajstić information content (AvgIpc) is 2.09. The molecule has 6 heteroatoms. The molecular weight excluding hydrogens is 238 g/mol. The zero-order chi connectivity index (χ0) is 11.5. The molecule has 0 aromatic heterocycles. The quantitative estimate of drug-likeness (QED) is 0.682. The molecule has 1 saturated carbocycles. The molecule has 0 aromatic rings. The van der Waals surface area contributed by atoms with Gasteiger partial charge in [-0.05, 0) is 24.7 Å². The van der Waals surface area contributed by atoms with E-state index < -0.39 is 10.0 Å². The van der Waals surface area contributed by atoms with E-state index in [2.05, 4.69) is 4.72 Å². The Kier molecular flexibility index (Phi) is 4.83. The Morgan fingerprint density at radius 2 is 2.13 bits per heavy atom. The van der Waals surface area contributed by atoms with Crippen molar-refractivity contribution in [3.8, 4) is 0 Å². The van der Waals surface area contributed by atoms with E-state index in [1.165, 1.54) is 0 Å². The molecule has 0 amide bonds. The zero-order valence-corrected chi connectivity index (χ0v) is 10.4. The average molecular weight is 256 g/mol. The Morgan fingerprint density at radius 3 is 2.60 bits per heavy atom. The van der Waals surface area contributed by atoms with Crippen LogP contribution in [0, 0.1) is 11.8 Å². The highest BCUT2D eigenvalue weighted by Gasteiger charge is 2.28. The summed E-state index contributed by atoms with van der Waals surface area (Å²) in [6.07, 6.45) is 1.17. The first-order valence-corrected chi connectivity index (χ1v) is 7.33. The second-order valence-corrected chi connectivity index (χ2v) is 6.54. The van der Waals surface area contributed by atoms with Crippen molar-refractivity contribution in [1.82, 2.24) is 4.72 Å². The summed E-state index contributed by atoms with van der Waals surface area (Å²) >= 11 is 5.55. The summed E-state index contributed by atoms with van der Waals surface area (Å²) in [6.45, 7) is 2.24. The Bertz CT molecular complexity index is 288. The van der Waals surface area contributed by atoms with Crippen molar-refractivity contribution < 1.29 is 13.5 Å². The van der Waals surface area contributed by atoms with Gasteiger partial charge < -0.3 is 5.11 Å². The van der Waals surface area contributed by atoms with E-state index in [-0.39, 0.29) is 17.8 Å². The predicted octanol–water partition coefficient (Wildman–Crippen LogP) is 0.552. The van der Waals surface area contributed by atoms with Gasteiger partial charge in [0.2, 0.25) is 10.0 Å². The van der Waals surface area contributed by atoms with Crippen LogP contribution in [0.3, 0.4) is 0 Å². The first kappa shape index (κ1) is 13.2. The summed E-state index contributed by atoms with van der Waals surface area (Å²) in [7, 11) is -3.20. The lowest BCUT2D eigenvalue weighted by Crippen LogP contribution is -2.39. The third-order valence-electron chi connectivity index (χ3n) is 2.57. The molecule has 0 spiro atoms. The molecule has 0 aromatic carbocycles. The highest BCUT2D eigenvalue weighted by molar-refractivity contribution is 7.89. The number of alkyl halides is 1. The normalized spacial score (nSPS) is 28.5. The lowest BCUT2D eigenvalue weighted by molar-refractivity contribution is 0.0453. The predicted molar refractivity (Wildman–Crippen MR) is 60.4 cm³/mol. The zero-order valence-electron chi connectivity index (χ0n) is 8.82. The minimum Gasteiger partial charge on any atom is -0.393 e. The third kappa shape index (κ3) is 4.68. The van der Waals surface area contributed by atoms with Gasteiger partial charge in [0.05, 0.1) is 11.9 Å². The van der Waals surface area contributed by atoms with E-state index in [0.717, 1.165) is 0 Å². The van der Waals surface area contributed by atoms with E-state index in [4.69, 9.17) is 16.7 Å². The molecule has 0 radical (unpaired) electrons. The minimum absolute atomic E-state index is 0.0313. The molecule has 15 heavy (non-hydrogen) atoms. The van der Waals surface area contributed by atoms with Crippen molar-refractivity contribution in [1.29, 1.82) is 0 Å². The summed E-state index contributed by atoms with van der Waals surface area (Å²) < 4.78 is 25.5. The van der Waals surface area contributed by atoms with Crippen LogP contribution in [0.25, 0.3) is 0 Å². The largest absolute Gasteiger partial charge is 0.393 e. The molecule has 1 unspecified atom stereocenters. The van der Waals surface area contributed by atoms with Gasteiger partial charge in [-0.1, -0.05) is 6.92 Å². The maximum Gasteiger partial charge on any atom is 0.211 e. The summed E-state index contributed by atoms with van der Waals surface area (Å²) in [5.74, 6) is 0.687. The van der Waals surface area contributed by atoms with Crippen LogP contribution < -0.4 is 4.72 Å². The van der Waals surface area contributed by atoms with E-state index in [1.54, 1.807) is 6.92 Å². The minimum atomic E-state index is -3.20. The van der Waals surface area contributed by atoms with Crippen LogP contribution in [0.5, 0.6) is 0 Å². The number of aliphatic hydroxyl groups excluding tert-OH is 1. The third-order valence-corrected chi connectivity index (χ3v) is 4.71. The lowest BCUT2D eigenvalue weighted by atomic mass is 9.83. The molecule has 0 aliphatic heterocycles. The van der Waals surface area contributed by atoms with Gasteiger partial charge in [-0.3, -0.25) is 0 Å². The summed E-state index contributed by atoms with van der Waals surface area (Å²) in [4.78, 5) is 0. The first-order valence-electron chi connectivity index (χ1n) is 5.14. The van der Waals surface area contributed by atoms with Crippen molar-refractivity contribution in [3.05, 3.63) is 0 Å². The van der Waals surface area contributed by atoms with E-state index in [9.17, 15) is 8.42 Å². The van der Waals surface area contributed by atoms with Crippen molar-refractivity contribution in [2.75, 3.05) is 18.2 Å². The molecule has 0 heterocycles. The molecule has 1 rings (SSSR count). The van der Waals surface area contributed by atoms with Crippen molar-refractivity contribution in [2.24, 2.45) is 11.8 Å². The molecular formula is C9H18ClNO3S. The first-order chi connectivity index (χ1) is 6.93. The van der Waals surface area contributed by atoms with Crippen LogP contribution in [0.15, 0.2) is 0 Å². The molecule has 0 saturated heterocycles. The second kappa shape index (κ2) is 5.48. The lowest BCUT2D eigenvalue weighted by Gasteiger charge is -2.31. The number of rotatable bonds is 6. The Balaban J connectivity index is 2.24. The molecule has 90 valence electrons. The Hall–Kier alpha value is 0.160. The van der Waals surface area contributed by atoms with Gasteiger partial charge in [-0.2, -0.15) is 0 Å². The van der Waals surface area contributed by atoms with Crippen molar-refractivity contribution >= 4 is 21.6 Å². The van der Waals surface area contributed by atoms with Gasteiger partial charge >= 0.3 is 0 Å². The topological polar surface area (TPSA) is 66.4 Å². The number of hydrogen-bond donors (Lipinski definition) is 2. The monoisotopic (exact) mass is 255 g/mol. The number of hydrogen-bond acceptors (Lipinski definition) is 3. The smallest absolute Gasteiger partial charge is 0.211 e. The second-order valence-electron chi connectivity index (χ2n) is 4.38. The molecule has 1 aliphatic rings. The van der Waals surface area contributed by atoms with Crippen LogP contribution in [0.1, 0.15) is 19.8 Å². The SMILES string of the molecule is CC(CCl)CS(=O)(=O)NCC1CC(O)C1. The van der Waals surface area contributed by atoms with Crippen LogP contribution in [-0.4, -0.2) is 37.8 Å². The van der Waals surface area contributed by atoms with Crippen LogP contribution in [0.2, 0.25) is 0 Å². The molecule has 0 bridgehead atoms. The van der Waals surface area contributed by atoms with Crippen molar-refractivity contribution in [2.45, 2.75) is 25.9 Å². The van der Waals surface area contributed by atoms with Gasteiger partial charge in [0.25, 0.3) is 0 Å². The number of nitrogens with one attached hydrogen (secondary N) is 1. The van der Waals surface area contributed by atoms with E-state index in [1.807, 2.05) is 0 Å². The van der Waals surface area contributed by atoms with Gasteiger partial charge in [-0.25, -0.2) is 13.1 Å². The summed E-state index contributed by atoms with van der Waals surface area (Å²) in [6, 6.07) is 0. The molecule has 1 fully saturated rings. The molecule has 2 N–H and O–H groups in total. The number of sulfonamides is 1. The van der Waals surface area contributed by atoms with E-state index in [0.29, 0.717) is 31.2 Å². The Labute approximate surface area is 96.1 Å². The summed E-state index contributed by atoms with van der Waals surface area (Å²) in [5.41, 5.74) is 0. The van der Waals surface area contributed by atoms with Crippen LogP contribution >= 0.6 is 11.6 Å². The van der Waals surface area contributed by atoms with Crippen LogP contribution in [-0.2, 0) is 10.0 Å². The fourth-order valence-corrected chi connectivity index (χ4v) is 3.30. The molecule has 1 atom stereocenters. The van der Waals surface area contributed by atoms with Gasteiger partial charge in [-0.15, -0.1) is 11.6 Å². The fraction of sp³-hybridized carbons (Fsp3) is 1.00. The number of halogens is 1. The van der Waals surface area contributed by atoms with Gasteiger partial charge in [0.1, 0.15) is 0 Å². The van der Waals surface area contributed by atoms with Gasteiger partial charge in [0, 0.05) is 12.4 Å². The van der Waals surface area contributed by atoms with Crippen molar-refractivity contribution in [3.63, 3.8) is 0 Å². The maximum atomic E-state index is 11.5.